The molecule has 0 aliphatic heterocycles. The lowest BCUT2D eigenvalue weighted by Gasteiger charge is -2.11. The average molecular weight is 419 g/mol. The lowest BCUT2D eigenvalue weighted by Crippen LogP contribution is -2.23. The third-order valence-corrected chi connectivity index (χ3v) is 5.74. The predicted molar refractivity (Wildman–Crippen MR) is 106 cm³/mol. The van der Waals surface area contributed by atoms with Crippen molar-refractivity contribution in [2.24, 2.45) is 0 Å². The third kappa shape index (κ3) is 4.88. The van der Waals surface area contributed by atoms with Crippen molar-refractivity contribution in [2.45, 2.75) is 11.4 Å². The second-order valence-corrected chi connectivity index (χ2v) is 7.98. The Bertz CT molecular complexity index is 1090. The van der Waals surface area contributed by atoms with Gasteiger partial charge < -0.3 is 5.32 Å². The van der Waals surface area contributed by atoms with E-state index in [1.54, 1.807) is 0 Å². The molecule has 0 unspecified atom stereocenters. The van der Waals surface area contributed by atoms with Gasteiger partial charge in [-0.15, -0.1) is 0 Å². The smallest absolute Gasteiger partial charge is 0.263 e. The van der Waals surface area contributed by atoms with Crippen molar-refractivity contribution in [3.05, 3.63) is 94.8 Å². The van der Waals surface area contributed by atoms with Crippen LogP contribution in [0.25, 0.3) is 0 Å². The highest BCUT2D eigenvalue weighted by Gasteiger charge is 2.20. The summed E-state index contributed by atoms with van der Waals surface area (Å²) < 4.78 is 40.6. The van der Waals surface area contributed by atoms with Gasteiger partial charge in [0.2, 0.25) is 0 Å². The Morgan fingerprint density at radius 3 is 2.32 bits per heavy atom. The molecule has 1 amide bonds. The van der Waals surface area contributed by atoms with Crippen LogP contribution >= 0.6 is 11.6 Å². The molecule has 144 valence electrons. The van der Waals surface area contributed by atoms with E-state index in [-0.39, 0.29) is 21.2 Å². The first-order valence-electron chi connectivity index (χ1n) is 8.25. The second-order valence-electron chi connectivity index (χ2n) is 5.93. The average Bonchev–Trinajstić information content (AvgIpc) is 2.69. The van der Waals surface area contributed by atoms with Crippen molar-refractivity contribution < 1.29 is 17.6 Å². The number of amides is 1. The van der Waals surface area contributed by atoms with Crippen LogP contribution < -0.4 is 10.0 Å². The minimum atomic E-state index is -4.06. The Balaban J connectivity index is 1.80. The quantitative estimate of drug-likeness (QED) is 0.629. The molecule has 0 spiro atoms. The molecule has 8 heteroatoms. The molecule has 2 N–H and O–H groups in total. The molecule has 28 heavy (non-hydrogen) atoms. The van der Waals surface area contributed by atoms with E-state index in [0.717, 1.165) is 17.7 Å². The maximum absolute atomic E-state index is 13.0. The zero-order chi connectivity index (χ0) is 20.1. The highest BCUT2D eigenvalue weighted by Crippen LogP contribution is 2.25. The van der Waals surface area contributed by atoms with Gasteiger partial charge in [0.25, 0.3) is 15.9 Å². The summed E-state index contributed by atoms with van der Waals surface area (Å²) in [6.07, 6.45) is 0. The van der Waals surface area contributed by atoms with E-state index in [9.17, 15) is 17.6 Å². The van der Waals surface area contributed by atoms with Crippen molar-refractivity contribution in [1.82, 2.24) is 5.32 Å². The molecular weight excluding hydrogens is 403 g/mol. The molecular formula is C20H16ClFN2O3S. The number of nitrogens with one attached hydrogen (secondary N) is 2. The molecule has 0 radical (unpaired) electrons. The van der Waals surface area contributed by atoms with Crippen LogP contribution in [0.3, 0.4) is 0 Å². The van der Waals surface area contributed by atoms with Gasteiger partial charge in [0.15, 0.2) is 0 Å². The molecule has 0 saturated heterocycles. The van der Waals surface area contributed by atoms with E-state index in [1.807, 2.05) is 30.3 Å². The molecule has 3 rings (SSSR count). The number of hydrogen-bond acceptors (Lipinski definition) is 3. The highest BCUT2D eigenvalue weighted by molar-refractivity contribution is 7.92. The van der Waals surface area contributed by atoms with Gasteiger partial charge in [-0.1, -0.05) is 41.9 Å². The summed E-state index contributed by atoms with van der Waals surface area (Å²) in [5.41, 5.74) is 1.24. The van der Waals surface area contributed by atoms with Gasteiger partial charge in [0.05, 0.1) is 5.02 Å². The Morgan fingerprint density at radius 1 is 0.964 bits per heavy atom. The maximum atomic E-state index is 13.0. The normalized spacial score (nSPS) is 11.1. The number of benzene rings is 3. The van der Waals surface area contributed by atoms with Crippen LogP contribution in [0, 0.1) is 5.82 Å². The lowest BCUT2D eigenvalue weighted by atomic mass is 10.2. The molecule has 0 fully saturated rings. The van der Waals surface area contributed by atoms with Crippen molar-refractivity contribution in [2.75, 3.05) is 4.72 Å². The van der Waals surface area contributed by atoms with E-state index in [0.29, 0.717) is 6.54 Å². The monoisotopic (exact) mass is 418 g/mol. The van der Waals surface area contributed by atoms with E-state index in [4.69, 9.17) is 11.6 Å². The third-order valence-electron chi connectivity index (χ3n) is 3.88. The van der Waals surface area contributed by atoms with Crippen LogP contribution in [0.5, 0.6) is 0 Å². The second kappa shape index (κ2) is 8.41. The Hall–Kier alpha value is -2.90. The zero-order valence-corrected chi connectivity index (χ0v) is 16.1. The number of carbonyl (C=O) groups excluding carboxylic acids is 1. The van der Waals surface area contributed by atoms with Gasteiger partial charge in [-0.2, -0.15) is 0 Å². The molecule has 0 heterocycles. The number of anilines is 1. The van der Waals surface area contributed by atoms with Gasteiger partial charge in [-0.3, -0.25) is 9.52 Å². The van der Waals surface area contributed by atoms with Gasteiger partial charge in [0.1, 0.15) is 10.7 Å². The Morgan fingerprint density at radius 2 is 1.64 bits per heavy atom. The van der Waals surface area contributed by atoms with Gasteiger partial charge in [-0.25, -0.2) is 12.8 Å². The summed E-state index contributed by atoms with van der Waals surface area (Å²) in [7, 11) is -4.06. The van der Waals surface area contributed by atoms with Crippen molar-refractivity contribution >= 4 is 33.2 Å². The van der Waals surface area contributed by atoms with E-state index >= 15 is 0 Å². The van der Waals surface area contributed by atoms with E-state index < -0.39 is 21.7 Å². The molecule has 0 aromatic heterocycles. The van der Waals surface area contributed by atoms with Crippen LogP contribution in [-0.4, -0.2) is 14.3 Å². The summed E-state index contributed by atoms with van der Waals surface area (Å²) in [6, 6.07) is 18.1. The van der Waals surface area contributed by atoms with Crippen LogP contribution in [0.1, 0.15) is 15.9 Å². The predicted octanol–water partition coefficient (Wildman–Crippen LogP) is 4.21. The van der Waals surface area contributed by atoms with Gasteiger partial charge in [0, 0.05) is 17.8 Å². The fourth-order valence-corrected chi connectivity index (χ4v) is 4.04. The van der Waals surface area contributed by atoms with E-state index in [1.165, 1.54) is 30.3 Å². The number of hydrogen-bond donors (Lipinski definition) is 2. The van der Waals surface area contributed by atoms with Crippen molar-refractivity contribution in [1.29, 1.82) is 0 Å². The molecule has 3 aromatic carbocycles. The first kappa shape index (κ1) is 19.9. The van der Waals surface area contributed by atoms with Gasteiger partial charge in [-0.05, 0) is 48.0 Å². The fourth-order valence-electron chi connectivity index (χ4n) is 2.46. The van der Waals surface area contributed by atoms with E-state index in [2.05, 4.69) is 10.0 Å². The molecule has 0 aliphatic rings. The summed E-state index contributed by atoms with van der Waals surface area (Å²) in [5.74, 6) is -0.920. The van der Waals surface area contributed by atoms with Crippen molar-refractivity contribution in [3.8, 4) is 0 Å². The largest absolute Gasteiger partial charge is 0.348 e. The number of carbonyl (C=O) groups is 1. The standard InChI is InChI=1S/C20H16ClFN2O3S/c21-18-11-6-15(20(25)23-13-14-4-2-1-3-5-14)12-19(18)28(26,27)24-17-9-7-16(22)8-10-17/h1-12,24H,13H2,(H,23,25). The number of sulfonamides is 1. The Kier molecular flexibility index (Phi) is 5.96. The maximum Gasteiger partial charge on any atom is 0.263 e. The first-order valence-corrected chi connectivity index (χ1v) is 10.1. The van der Waals surface area contributed by atoms with Crippen LogP contribution in [-0.2, 0) is 16.6 Å². The molecule has 0 saturated carbocycles. The number of rotatable bonds is 6. The summed E-state index contributed by atoms with van der Waals surface area (Å²) >= 11 is 6.04. The first-order chi connectivity index (χ1) is 13.3. The van der Waals surface area contributed by atoms with Gasteiger partial charge >= 0.3 is 0 Å². The van der Waals surface area contributed by atoms with Crippen LogP contribution in [0.15, 0.2) is 77.7 Å². The minimum Gasteiger partial charge on any atom is -0.348 e. The minimum absolute atomic E-state index is 0.0331. The topological polar surface area (TPSA) is 75.3 Å². The molecule has 5 nitrogen and oxygen atoms in total. The van der Waals surface area contributed by atoms with Crippen LogP contribution in [0.4, 0.5) is 10.1 Å². The summed E-state index contributed by atoms with van der Waals surface area (Å²) in [5, 5.41) is 2.70. The summed E-state index contributed by atoms with van der Waals surface area (Å²) in [6.45, 7) is 0.304. The SMILES string of the molecule is O=C(NCc1ccccc1)c1ccc(Cl)c(S(=O)(=O)Nc2ccc(F)cc2)c1. The molecule has 0 aliphatic carbocycles. The summed E-state index contributed by atoms with van der Waals surface area (Å²) in [4.78, 5) is 12.1. The zero-order valence-electron chi connectivity index (χ0n) is 14.5. The van der Waals surface area contributed by atoms with Crippen LogP contribution in [0.2, 0.25) is 5.02 Å². The molecule has 0 bridgehead atoms. The number of halogens is 2. The fraction of sp³-hybridized carbons (Fsp3) is 0.0500. The highest BCUT2D eigenvalue weighted by atomic mass is 35.5. The molecule has 3 aromatic rings. The van der Waals surface area contributed by atoms with Crippen molar-refractivity contribution in [3.63, 3.8) is 0 Å². The molecule has 0 atom stereocenters. The lowest BCUT2D eigenvalue weighted by molar-refractivity contribution is 0.0950. The Labute approximate surface area is 167 Å².